The predicted octanol–water partition coefficient (Wildman–Crippen LogP) is 3.28. The number of hydrogen-bond acceptors (Lipinski definition) is 9. The molecule has 5 heterocycles. The van der Waals surface area contributed by atoms with Crippen LogP contribution in [0.3, 0.4) is 0 Å². The van der Waals surface area contributed by atoms with Gasteiger partial charge in [-0.15, -0.1) is 0 Å². The number of nitrogen functional groups attached to an aromatic ring is 1. The molecule has 10 nitrogen and oxygen atoms in total. The number of rotatable bonds is 7. The zero-order chi connectivity index (χ0) is 22.8. The van der Waals surface area contributed by atoms with Gasteiger partial charge in [0.25, 0.3) is 0 Å². The fraction of sp³-hybridized carbons (Fsp3) is 0.130. The number of carbonyl (C=O) groups is 1. The molecule has 0 aliphatic rings. The van der Waals surface area contributed by atoms with E-state index in [1.807, 2.05) is 47.1 Å². The van der Waals surface area contributed by atoms with Crippen LogP contribution in [-0.4, -0.2) is 42.2 Å². The zero-order valence-corrected chi connectivity index (χ0v) is 17.8. The highest BCUT2D eigenvalue weighted by Gasteiger charge is 2.22. The molecule has 0 amide bonds. The van der Waals surface area contributed by atoms with Gasteiger partial charge in [0.15, 0.2) is 17.3 Å². The molecule has 0 bridgehead atoms. The van der Waals surface area contributed by atoms with Crippen molar-refractivity contribution in [1.29, 1.82) is 0 Å². The molecule has 0 aliphatic carbocycles. The molecular weight excluding hydrogens is 420 g/mol. The number of nitrogens with zero attached hydrogens (tertiary/aromatic N) is 6. The van der Waals surface area contributed by atoms with Gasteiger partial charge in [0.05, 0.1) is 6.20 Å². The highest BCUT2D eigenvalue weighted by molar-refractivity contribution is 5.99. The van der Waals surface area contributed by atoms with Crippen LogP contribution >= 0.6 is 0 Å². The minimum Gasteiger partial charge on any atom is -0.443 e. The number of aromatic nitrogens is 6. The van der Waals surface area contributed by atoms with Crippen molar-refractivity contribution in [1.82, 2.24) is 29.3 Å². The molecule has 10 heteroatoms. The summed E-state index contributed by atoms with van der Waals surface area (Å²) in [4.78, 5) is 35.1. The summed E-state index contributed by atoms with van der Waals surface area (Å²) in [6.07, 6.45) is 8.99. The fourth-order valence-corrected chi connectivity index (χ4v) is 3.52. The Morgan fingerprint density at radius 2 is 2.00 bits per heavy atom. The molecule has 0 saturated heterocycles. The maximum absolute atomic E-state index is 13.1. The highest BCUT2D eigenvalue weighted by atomic mass is 16.3. The van der Waals surface area contributed by atoms with Gasteiger partial charge in [-0.3, -0.25) is 4.79 Å². The lowest BCUT2D eigenvalue weighted by Gasteiger charge is -2.11. The first-order valence-corrected chi connectivity index (χ1v) is 10.3. The molecule has 0 aromatic carbocycles. The van der Waals surface area contributed by atoms with Gasteiger partial charge in [0.1, 0.15) is 29.1 Å². The molecular formula is C23H20N8O2. The number of anilines is 2. The number of nitrogens with two attached hydrogens (primary N) is 1. The van der Waals surface area contributed by atoms with E-state index in [2.05, 4.69) is 30.2 Å². The number of aryl methyl sites for hydroxylation is 1. The number of ketones is 1. The number of imidazole rings is 1. The van der Waals surface area contributed by atoms with Crippen molar-refractivity contribution in [3.05, 3.63) is 72.8 Å². The van der Waals surface area contributed by atoms with Gasteiger partial charge in [-0.25, -0.2) is 24.9 Å². The number of carbonyl (C=O) groups excluding carboxylic acids is 1. The van der Waals surface area contributed by atoms with Gasteiger partial charge in [-0.2, -0.15) is 0 Å². The average Bonchev–Trinajstić information content (AvgIpc) is 3.54. The van der Waals surface area contributed by atoms with Gasteiger partial charge in [-0.05, 0) is 30.7 Å². The number of nitrogens with one attached hydrogen (secondary N) is 1. The van der Waals surface area contributed by atoms with E-state index in [1.165, 1.54) is 12.5 Å². The molecule has 0 spiro atoms. The topological polar surface area (TPSA) is 137 Å². The molecule has 5 aromatic heterocycles. The van der Waals surface area contributed by atoms with Crippen LogP contribution < -0.4 is 11.1 Å². The number of fused-ring (bicyclic) bond motifs is 1. The Bertz CT molecular complexity index is 1440. The first-order chi connectivity index (χ1) is 16.1. The Balaban J connectivity index is 1.52. The van der Waals surface area contributed by atoms with E-state index >= 15 is 0 Å². The zero-order valence-electron chi connectivity index (χ0n) is 17.8. The largest absolute Gasteiger partial charge is 0.443 e. The lowest BCUT2D eigenvalue weighted by Crippen LogP contribution is -2.12. The molecule has 0 aliphatic heterocycles. The summed E-state index contributed by atoms with van der Waals surface area (Å²) in [5, 5.41) is 2.99. The lowest BCUT2D eigenvalue weighted by molar-refractivity contribution is 0.0978. The van der Waals surface area contributed by atoms with E-state index < -0.39 is 0 Å². The second-order valence-corrected chi connectivity index (χ2v) is 7.29. The third kappa shape index (κ3) is 4.01. The van der Waals surface area contributed by atoms with Crippen molar-refractivity contribution < 1.29 is 9.21 Å². The number of oxazole rings is 1. The summed E-state index contributed by atoms with van der Waals surface area (Å²) in [7, 11) is 1.80. The van der Waals surface area contributed by atoms with Crippen LogP contribution in [0.4, 0.5) is 11.6 Å². The molecule has 0 unspecified atom stereocenters. The van der Waals surface area contributed by atoms with Gasteiger partial charge < -0.3 is 19.9 Å². The Morgan fingerprint density at radius 3 is 2.82 bits per heavy atom. The Kier molecular flexibility index (Phi) is 5.23. The number of Topliss-reactive ketones (excluding diaryl/α,β-unsaturated/α-hetero) is 1. The molecule has 0 radical (unpaired) electrons. The maximum Gasteiger partial charge on any atom is 0.247 e. The Morgan fingerprint density at radius 1 is 1.09 bits per heavy atom. The van der Waals surface area contributed by atoms with E-state index in [4.69, 9.17) is 10.2 Å². The molecule has 0 saturated carbocycles. The summed E-state index contributed by atoms with van der Waals surface area (Å²) < 4.78 is 7.31. The summed E-state index contributed by atoms with van der Waals surface area (Å²) in [6.45, 7) is 0. The minimum atomic E-state index is -0.222. The molecule has 5 rings (SSSR count). The van der Waals surface area contributed by atoms with Crippen molar-refractivity contribution in [3.8, 4) is 22.8 Å². The van der Waals surface area contributed by atoms with E-state index in [1.54, 1.807) is 13.2 Å². The molecule has 5 aromatic rings. The van der Waals surface area contributed by atoms with Crippen LogP contribution in [0.2, 0.25) is 0 Å². The highest BCUT2D eigenvalue weighted by Crippen LogP contribution is 2.30. The average molecular weight is 440 g/mol. The smallest absolute Gasteiger partial charge is 0.247 e. The first-order valence-electron chi connectivity index (χ1n) is 10.3. The van der Waals surface area contributed by atoms with Crippen molar-refractivity contribution in [2.75, 3.05) is 18.1 Å². The summed E-state index contributed by atoms with van der Waals surface area (Å²) >= 11 is 0. The van der Waals surface area contributed by atoms with E-state index in [0.717, 1.165) is 22.7 Å². The van der Waals surface area contributed by atoms with Crippen molar-refractivity contribution >= 4 is 23.1 Å². The standard InChI is InChI=1S/C23H20N8O2/c1-25-17-4-2-3-15(28-17)6-7-16(32)20-22(24)30-21(23-27-10-12-33-23)19(29-20)14-5-8-18-26-9-11-31(18)13-14/h2-5,8-13H,6-7H2,1H3,(H2,24,30)(H,25,28). The molecule has 164 valence electrons. The van der Waals surface area contributed by atoms with Crippen molar-refractivity contribution in [3.63, 3.8) is 0 Å². The van der Waals surface area contributed by atoms with Gasteiger partial charge in [0.2, 0.25) is 5.89 Å². The quantitative estimate of drug-likeness (QED) is 0.365. The van der Waals surface area contributed by atoms with Gasteiger partial charge in [-0.1, -0.05) is 6.07 Å². The van der Waals surface area contributed by atoms with Crippen molar-refractivity contribution in [2.45, 2.75) is 12.8 Å². The molecule has 0 atom stereocenters. The second kappa shape index (κ2) is 8.50. The third-order valence-electron chi connectivity index (χ3n) is 5.16. The minimum absolute atomic E-state index is 0.0255. The van der Waals surface area contributed by atoms with Gasteiger partial charge in [0, 0.05) is 43.3 Å². The Labute approximate surface area is 188 Å². The summed E-state index contributed by atoms with van der Waals surface area (Å²) in [5.74, 6) is 0.812. The van der Waals surface area contributed by atoms with E-state index in [9.17, 15) is 4.79 Å². The third-order valence-corrected chi connectivity index (χ3v) is 5.16. The van der Waals surface area contributed by atoms with Crippen LogP contribution in [0.15, 0.2) is 65.8 Å². The van der Waals surface area contributed by atoms with E-state index in [0.29, 0.717) is 17.8 Å². The van der Waals surface area contributed by atoms with Crippen LogP contribution in [0.5, 0.6) is 0 Å². The normalized spacial score (nSPS) is 11.1. The van der Waals surface area contributed by atoms with Crippen LogP contribution in [-0.2, 0) is 6.42 Å². The monoisotopic (exact) mass is 440 g/mol. The summed E-state index contributed by atoms with van der Waals surface area (Å²) in [6, 6.07) is 9.34. The van der Waals surface area contributed by atoms with Crippen LogP contribution in [0.25, 0.3) is 28.5 Å². The van der Waals surface area contributed by atoms with Crippen molar-refractivity contribution in [2.24, 2.45) is 0 Å². The first kappa shape index (κ1) is 20.3. The van der Waals surface area contributed by atoms with Gasteiger partial charge >= 0.3 is 0 Å². The number of hydrogen-bond donors (Lipinski definition) is 2. The predicted molar refractivity (Wildman–Crippen MR) is 123 cm³/mol. The molecule has 3 N–H and O–H groups in total. The fourth-order valence-electron chi connectivity index (χ4n) is 3.52. The second-order valence-electron chi connectivity index (χ2n) is 7.29. The van der Waals surface area contributed by atoms with Crippen LogP contribution in [0.1, 0.15) is 22.6 Å². The van der Waals surface area contributed by atoms with Crippen LogP contribution in [0, 0.1) is 0 Å². The molecule has 33 heavy (non-hydrogen) atoms. The SMILES string of the molecule is CNc1cccc(CCC(=O)c2nc(-c3ccc4nccn4c3)c(-c3ncco3)nc2N)n1. The maximum atomic E-state index is 13.1. The summed E-state index contributed by atoms with van der Waals surface area (Å²) in [5.41, 5.74) is 9.37. The number of pyridine rings is 2. The Hall–Kier alpha value is -4.60. The lowest BCUT2D eigenvalue weighted by atomic mass is 10.1. The van der Waals surface area contributed by atoms with E-state index in [-0.39, 0.29) is 29.6 Å². The molecule has 0 fully saturated rings.